The highest BCUT2D eigenvalue weighted by Crippen LogP contribution is 2.44. The quantitative estimate of drug-likeness (QED) is 0.669. The van der Waals surface area contributed by atoms with Crippen LogP contribution in [0, 0.1) is 0 Å². The van der Waals surface area contributed by atoms with E-state index in [1.165, 1.54) is 18.5 Å². The van der Waals surface area contributed by atoms with E-state index in [1.807, 2.05) is 0 Å². The SMILES string of the molecule is CC(C)(O)c1cncc([S@@](N)(=O)=NC(=O)Nc2c3c(nc4c2CCC4(C)C)CCC3)c1. The smallest absolute Gasteiger partial charge is 0.354 e. The van der Waals surface area contributed by atoms with Crippen LogP contribution >= 0.6 is 0 Å². The van der Waals surface area contributed by atoms with E-state index in [-0.39, 0.29) is 10.3 Å². The number of nitrogens with one attached hydrogen (secondary N) is 1. The van der Waals surface area contributed by atoms with Gasteiger partial charge in [0, 0.05) is 29.1 Å². The third kappa shape index (κ3) is 4.09. The average Bonchev–Trinajstić information content (AvgIpc) is 3.25. The molecular formula is C22H29N5O3S. The summed E-state index contributed by atoms with van der Waals surface area (Å²) in [6, 6.07) is 0.713. The maximum atomic E-state index is 13.1. The van der Waals surface area contributed by atoms with Crippen LogP contribution in [0.15, 0.2) is 27.7 Å². The van der Waals surface area contributed by atoms with Gasteiger partial charge >= 0.3 is 6.03 Å². The van der Waals surface area contributed by atoms with Crippen LogP contribution in [-0.4, -0.2) is 25.3 Å². The van der Waals surface area contributed by atoms with Gasteiger partial charge in [-0.05, 0) is 63.1 Å². The number of carbonyl (C=O) groups excluding carboxylic acids is 1. The van der Waals surface area contributed by atoms with Crippen LogP contribution in [0.3, 0.4) is 0 Å². The summed E-state index contributed by atoms with van der Waals surface area (Å²) < 4.78 is 16.9. The van der Waals surface area contributed by atoms with Crippen molar-refractivity contribution >= 4 is 21.6 Å². The summed E-state index contributed by atoms with van der Waals surface area (Å²) in [7, 11) is -3.54. The number of amides is 2. The number of rotatable bonds is 3. The first-order valence-corrected chi connectivity index (χ1v) is 12.1. The first-order valence-electron chi connectivity index (χ1n) is 10.5. The molecule has 0 saturated carbocycles. The van der Waals surface area contributed by atoms with Crippen molar-refractivity contribution in [3.63, 3.8) is 0 Å². The Labute approximate surface area is 183 Å². The van der Waals surface area contributed by atoms with Crippen LogP contribution in [0.2, 0.25) is 0 Å². The number of urea groups is 1. The molecule has 2 heterocycles. The third-order valence-corrected chi connectivity index (χ3v) is 7.51. The predicted molar refractivity (Wildman–Crippen MR) is 119 cm³/mol. The molecule has 1 atom stereocenters. The Morgan fingerprint density at radius 3 is 2.71 bits per heavy atom. The summed E-state index contributed by atoms with van der Waals surface area (Å²) in [5, 5.41) is 19.0. The zero-order valence-electron chi connectivity index (χ0n) is 18.4. The molecule has 31 heavy (non-hydrogen) atoms. The van der Waals surface area contributed by atoms with E-state index in [9.17, 15) is 14.1 Å². The number of anilines is 1. The molecule has 0 bridgehead atoms. The number of pyridine rings is 2. The second kappa shape index (κ2) is 7.36. The van der Waals surface area contributed by atoms with E-state index < -0.39 is 21.5 Å². The van der Waals surface area contributed by atoms with Crippen molar-refractivity contribution in [3.05, 3.63) is 46.5 Å². The minimum absolute atomic E-state index is 0.0474. The van der Waals surface area contributed by atoms with E-state index in [0.29, 0.717) is 5.56 Å². The van der Waals surface area contributed by atoms with Crippen molar-refractivity contribution in [1.29, 1.82) is 0 Å². The van der Waals surface area contributed by atoms with Gasteiger partial charge < -0.3 is 10.4 Å². The van der Waals surface area contributed by atoms with Gasteiger partial charge in [-0.2, -0.15) is 0 Å². The molecule has 2 aliphatic carbocycles. The summed E-state index contributed by atoms with van der Waals surface area (Å²) in [6.07, 6.45) is 7.29. The molecule has 0 spiro atoms. The Hall–Kier alpha value is -2.36. The monoisotopic (exact) mass is 443 g/mol. The molecule has 0 radical (unpaired) electrons. The molecule has 0 aliphatic heterocycles. The molecular weight excluding hydrogens is 414 g/mol. The number of carbonyl (C=O) groups is 1. The molecule has 9 heteroatoms. The van der Waals surface area contributed by atoms with Crippen LogP contribution < -0.4 is 10.5 Å². The Morgan fingerprint density at radius 2 is 2.00 bits per heavy atom. The van der Waals surface area contributed by atoms with Crippen molar-refractivity contribution in [2.45, 2.75) is 75.7 Å². The molecule has 2 aromatic rings. The average molecular weight is 444 g/mol. The Bertz CT molecular complexity index is 1190. The van der Waals surface area contributed by atoms with Crippen molar-refractivity contribution in [3.8, 4) is 0 Å². The van der Waals surface area contributed by atoms with Gasteiger partial charge in [0.25, 0.3) is 0 Å². The van der Waals surface area contributed by atoms with Gasteiger partial charge in [-0.25, -0.2) is 14.1 Å². The lowest BCUT2D eigenvalue weighted by Crippen LogP contribution is -2.21. The summed E-state index contributed by atoms with van der Waals surface area (Å²) in [5.74, 6) is 0. The number of hydrogen-bond acceptors (Lipinski definition) is 5. The number of aryl methyl sites for hydroxylation is 1. The fourth-order valence-corrected chi connectivity index (χ4v) is 5.26. The predicted octanol–water partition coefficient (Wildman–Crippen LogP) is 3.35. The number of nitrogens with two attached hydrogens (primary N) is 1. The lowest BCUT2D eigenvalue weighted by atomic mass is 9.90. The number of fused-ring (bicyclic) bond motifs is 2. The molecule has 2 amide bonds. The number of aromatic nitrogens is 2. The molecule has 8 nitrogen and oxygen atoms in total. The molecule has 2 aromatic heterocycles. The van der Waals surface area contributed by atoms with Gasteiger partial charge in [0.05, 0.1) is 21.9 Å². The highest BCUT2D eigenvalue weighted by atomic mass is 32.2. The van der Waals surface area contributed by atoms with E-state index in [1.54, 1.807) is 13.8 Å². The molecule has 0 aromatic carbocycles. The molecule has 4 N–H and O–H groups in total. The molecule has 0 saturated heterocycles. The lowest BCUT2D eigenvalue weighted by Gasteiger charge is -2.20. The van der Waals surface area contributed by atoms with Crippen LogP contribution in [0.4, 0.5) is 10.5 Å². The van der Waals surface area contributed by atoms with Gasteiger partial charge in [0.1, 0.15) is 9.92 Å². The van der Waals surface area contributed by atoms with E-state index in [0.717, 1.165) is 60.3 Å². The fourth-order valence-electron chi connectivity index (χ4n) is 4.35. The minimum atomic E-state index is -3.54. The summed E-state index contributed by atoms with van der Waals surface area (Å²) in [4.78, 5) is 21.8. The van der Waals surface area contributed by atoms with E-state index in [2.05, 4.69) is 28.5 Å². The van der Waals surface area contributed by atoms with Gasteiger partial charge in [0.2, 0.25) is 0 Å². The molecule has 166 valence electrons. The van der Waals surface area contributed by atoms with Crippen LogP contribution in [0.25, 0.3) is 0 Å². The first-order chi connectivity index (χ1) is 14.4. The fraction of sp³-hybridized carbons (Fsp3) is 0.500. The van der Waals surface area contributed by atoms with Crippen LogP contribution in [0.5, 0.6) is 0 Å². The number of hydrogen-bond donors (Lipinski definition) is 3. The van der Waals surface area contributed by atoms with Crippen molar-refractivity contribution in [2.75, 3.05) is 5.32 Å². The maximum absolute atomic E-state index is 13.1. The van der Waals surface area contributed by atoms with Crippen molar-refractivity contribution in [2.24, 2.45) is 9.50 Å². The number of aliphatic hydroxyl groups is 1. The van der Waals surface area contributed by atoms with Gasteiger partial charge in [-0.15, -0.1) is 4.36 Å². The Kier molecular flexibility index (Phi) is 5.19. The topological polar surface area (TPSA) is 131 Å². The highest BCUT2D eigenvalue weighted by Gasteiger charge is 2.36. The highest BCUT2D eigenvalue weighted by molar-refractivity contribution is 7.91. The summed E-state index contributed by atoms with van der Waals surface area (Å²) in [5.41, 5.74) is 4.11. The molecule has 0 fully saturated rings. The zero-order valence-corrected chi connectivity index (χ0v) is 19.2. The summed E-state index contributed by atoms with van der Waals surface area (Å²) >= 11 is 0. The standard InChI is InChI=1S/C22H29N5O3S/c1-21(2)9-8-16-18(15-6-5-7-17(15)25-19(16)21)26-20(28)27-31(23,30)14-10-13(11-24-12-14)22(3,4)29/h10-12,29H,5-9H2,1-4H3,(H3,23,25,26,27,28,30)/t31-/m0/s1. The van der Waals surface area contributed by atoms with Gasteiger partial charge in [0.15, 0.2) is 0 Å². The molecule has 4 rings (SSSR count). The first kappa shape index (κ1) is 21.9. The van der Waals surface area contributed by atoms with Gasteiger partial charge in [-0.3, -0.25) is 9.97 Å². The Morgan fingerprint density at radius 1 is 1.26 bits per heavy atom. The second-order valence-corrected chi connectivity index (χ2v) is 11.3. The van der Waals surface area contributed by atoms with E-state index >= 15 is 0 Å². The molecule has 0 unspecified atom stereocenters. The maximum Gasteiger partial charge on any atom is 0.354 e. The lowest BCUT2D eigenvalue weighted by molar-refractivity contribution is 0.0780. The summed E-state index contributed by atoms with van der Waals surface area (Å²) in [6.45, 7) is 7.50. The van der Waals surface area contributed by atoms with Crippen LogP contribution in [0.1, 0.15) is 68.6 Å². The van der Waals surface area contributed by atoms with Crippen molar-refractivity contribution < 1.29 is 14.1 Å². The van der Waals surface area contributed by atoms with Gasteiger partial charge in [-0.1, -0.05) is 13.8 Å². The zero-order chi connectivity index (χ0) is 22.6. The minimum Gasteiger partial charge on any atom is -0.386 e. The Balaban J connectivity index is 1.70. The van der Waals surface area contributed by atoms with Crippen LogP contribution in [-0.2, 0) is 40.2 Å². The second-order valence-electron chi connectivity index (χ2n) is 9.54. The largest absolute Gasteiger partial charge is 0.386 e. The van der Waals surface area contributed by atoms with E-state index in [4.69, 9.17) is 10.1 Å². The third-order valence-electron chi connectivity index (χ3n) is 6.17. The number of nitrogens with zero attached hydrogens (tertiary/aromatic N) is 3. The normalized spacial score (nSPS) is 18.8. The van der Waals surface area contributed by atoms with Crippen molar-refractivity contribution in [1.82, 2.24) is 9.97 Å². The molecule has 2 aliphatic rings.